The van der Waals surface area contributed by atoms with E-state index in [2.05, 4.69) is 23.3 Å². The van der Waals surface area contributed by atoms with E-state index in [0.29, 0.717) is 18.4 Å². The summed E-state index contributed by atoms with van der Waals surface area (Å²) in [5.41, 5.74) is 1.78. The predicted octanol–water partition coefficient (Wildman–Crippen LogP) is 5.62. The molecule has 3 atom stereocenters. The first-order chi connectivity index (χ1) is 21.0. The van der Waals surface area contributed by atoms with E-state index < -0.39 is 53.2 Å². The number of benzene rings is 2. The van der Waals surface area contributed by atoms with Gasteiger partial charge in [0, 0.05) is 18.2 Å². The van der Waals surface area contributed by atoms with Crippen LogP contribution in [0, 0.1) is 13.8 Å². The molecule has 0 heterocycles. The zero-order valence-corrected chi connectivity index (χ0v) is 28.7. The summed E-state index contributed by atoms with van der Waals surface area (Å²) >= 11 is 4.39. The van der Waals surface area contributed by atoms with Crippen molar-refractivity contribution in [2.45, 2.75) is 116 Å². The Bertz CT molecular complexity index is 1350. The fourth-order valence-corrected chi connectivity index (χ4v) is 5.46. The molecule has 0 saturated heterocycles. The Morgan fingerprint density at radius 3 is 2.02 bits per heavy atom. The molecular weight excluding hydrogens is 590 g/mol. The number of esters is 1. The van der Waals surface area contributed by atoms with Crippen molar-refractivity contribution in [2.24, 2.45) is 0 Å². The highest BCUT2D eigenvalue weighted by Crippen LogP contribution is 2.35. The monoisotopic (exact) mass is 639 g/mol. The Morgan fingerprint density at radius 2 is 1.51 bits per heavy atom. The lowest BCUT2D eigenvalue weighted by Crippen LogP contribution is -2.59. The Kier molecular flexibility index (Phi) is 12.1. The number of carbonyl (C=O) groups is 4. The van der Waals surface area contributed by atoms with Crippen molar-refractivity contribution in [2.75, 3.05) is 5.75 Å². The van der Waals surface area contributed by atoms with Crippen molar-refractivity contribution in [3.05, 3.63) is 70.8 Å². The third kappa shape index (κ3) is 10.5. The summed E-state index contributed by atoms with van der Waals surface area (Å²) in [7, 11) is 0. The number of ether oxygens (including phenoxy) is 2. The molecule has 45 heavy (non-hydrogen) atoms. The van der Waals surface area contributed by atoms with Gasteiger partial charge in [0.2, 0.25) is 11.8 Å². The quantitative estimate of drug-likeness (QED) is 0.217. The smallest absolute Gasteiger partial charge is 0.408 e. The van der Waals surface area contributed by atoms with Gasteiger partial charge in [0.1, 0.15) is 29.3 Å². The molecule has 10 heteroatoms. The minimum Gasteiger partial charge on any atom is -0.458 e. The van der Waals surface area contributed by atoms with Crippen LogP contribution in [0.4, 0.5) is 4.79 Å². The van der Waals surface area contributed by atoms with Crippen LogP contribution in [0.15, 0.2) is 48.5 Å². The zero-order valence-electron chi connectivity index (χ0n) is 27.8. The highest BCUT2D eigenvalue weighted by Gasteiger charge is 2.43. The Balaban J connectivity index is 2.06. The maximum Gasteiger partial charge on any atom is 0.408 e. The molecule has 2 aromatic carbocycles. The van der Waals surface area contributed by atoms with E-state index in [9.17, 15) is 19.2 Å². The zero-order chi connectivity index (χ0) is 33.5. The molecular formula is C35H49N3O6S. The van der Waals surface area contributed by atoms with Crippen LogP contribution in [0.1, 0.15) is 89.1 Å². The Morgan fingerprint density at radius 1 is 0.889 bits per heavy atom. The fourth-order valence-electron chi connectivity index (χ4n) is 5.21. The van der Waals surface area contributed by atoms with E-state index in [4.69, 9.17) is 9.47 Å². The number of aryl methyl sites for hydroxylation is 2. The molecule has 3 rings (SSSR count). The number of amides is 3. The topological polar surface area (TPSA) is 114 Å². The van der Waals surface area contributed by atoms with Gasteiger partial charge in [0.25, 0.3) is 0 Å². The lowest BCUT2D eigenvalue weighted by Gasteiger charge is -2.44. The third-order valence-electron chi connectivity index (χ3n) is 7.43. The van der Waals surface area contributed by atoms with E-state index >= 15 is 0 Å². The molecule has 3 amide bonds. The van der Waals surface area contributed by atoms with Gasteiger partial charge in [-0.15, -0.1) is 0 Å². The molecule has 1 aliphatic carbocycles. The molecule has 0 spiro atoms. The van der Waals surface area contributed by atoms with Gasteiger partial charge in [-0.1, -0.05) is 54.1 Å². The van der Waals surface area contributed by atoms with Gasteiger partial charge in [-0.3, -0.25) is 9.59 Å². The lowest BCUT2D eigenvalue weighted by atomic mass is 9.87. The van der Waals surface area contributed by atoms with Crippen molar-refractivity contribution in [1.82, 2.24) is 15.5 Å². The van der Waals surface area contributed by atoms with Gasteiger partial charge in [0.15, 0.2) is 0 Å². The number of rotatable bonds is 11. The molecule has 1 aliphatic rings. The van der Waals surface area contributed by atoms with Crippen LogP contribution in [-0.4, -0.2) is 63.9 Å². The van der Waals surface area contributed by atoms with Gasteiger partial charge < -0.3 is 25.0 Å². The molecule has 9 nitrogen and oxygen atoms in total. The number of hydrogen-bond acceptors (Lipinski definition) is 7. The molecule has 1 saturated carbocycles. The maximum atomic E-state index is 14.5. The average molecular weight is 640 g/mol. The van der Waals surface area contributed by atoms with E-state index in [0.717, 1.165) is 23.1 Å². The van der Waals surface area contributed by atoms with Crippen LogP contribution in [0.25, 0.3) is 0 Å². The summed E-state index contributed by atoms with van der Waals surface area (Å²) in [6.07, 6.45) is 1.76. The third-order valence-corrected chi connectivity index (χ3v) is 7.80. The first kappa shape index (κ1) is 35.9. The van der Waals surface area contributed by atoms with Crippen LogP contribution in [0.3, 0.4) is 0 Å². The Labute approximate surface area is 273 Å². The van der Waals surface area contributed by atoms with Gasteiger partial charge in [-0.25, -0.2) is 9.59 Å². The summed E-state index contributed by atoms with van der Waals surface area (Å²) in [5.74, 6) is -1.53. The fraction of sp³-hybridized carbons (Fsp3) is 0.543. The minimum absolute atomic E-state index is 0.00292. The summed E-state index contributed by atoms with van der Waals surface area (Å²) < 4.78 is 11.1. The number of thiol groups is 1. The standard InChI is InChI=1S/C35H49N3O6S/c1-22-17-18-26(23(2)19-22)29(30(39)36-27(32(41)43-34(3,4)5)20-24-13-10-9-11-14-24)38(25-15-12-16-25)31(40)28(21-45)37-33(42)44-35(6,7)8/h9-11,13-14,17-19,25,27-29,45H,12,15-16,20-21H2,1-8H3,(H,36,39)(H,37,42). The molecule has 0 aromatic heterocycles. The number of alkyl carbamates (subject to hydrolysis) is 1. The number of carbonyl (C=O) groups excluding carboxylic acids is 4. The first-order valence-corrected chi connectivity index (χ1v) is 16.2. The molecule has 0 radical (unpaired) electrons. The second kappa shape index (κ2) is 15.2. The second-order valence-electron chi connectivity index (χ2n) is 13.8. The van der Waals surface area contributed by atoms with Crippen LogP contribution in [0.2, 0.25) is 0 Å². The predicted molar refractivity (Wildman–Crippen MR) is 178 cm³/mol. The maximum absolute atomic E-state index is 14.5. The van der Waals surface area contributed by atoms with Crippen molar-refractivity contribution in [1.29, 1.82) is 0 Å². The largest absolute Gasteiger partial charge is 0.458 e. The number of nitrogens with zero attached hydrogens (tertiary/aromatic N) is 1. The highest BCUT2D eigenvalue weighted by molar-refractivity contribution is 7.80. The molecule has 3 unspecified atom stereocenters. The van der Waals surface area contributed by atoms with E-state index in [-0.39, 0.29) is 18.2 Å². The second-order valence-corrected chi connectivity index (χ2v) is 14.1. The highest BCUT2D eigenvalue weighted by atomic mass is 32.1. The van der Waals surface area contributed by atoms with Crippen molar-refractivity contribution < 1.29 is 28.7 Å². The summed E-state index contributed by atoms with van der Waals surface area (Å²) in [6.45, 7) is 14.4. The first-order valence-electron chi connectivity index (χ1n) is 15.6. The molecule has 0 aliphatic heterocycles. The van der Waals surface area contributed by atoms with Crippen LogP contribution < -0.4 is 10.6 Å². The molecule has 2 N–H and O–H groups in total. The van der Waals surface area contributed by atoms with Crippen molar-refractivity contribution >= 4 is 36.5 Å². The molecule has 0 bridgehead atoms. The molecule has 1 fully saturated rings. The van der Waals surface area contributed by atoms with Crippen molar-refractivity contribution in [3.8, 4) is 0 Å². The number of nitrogens with one attached hydrogen (secondary N) is 2. The van der Waals surface area contributed by atoms with E-state index in [1.807, 2.05) is 62.4 Å². The normalized spacial score (nSPS) is 15.6. The summed E-state index contributed by atoms with van der Waals surface area (Å²) in [6, 6.07) is 11.7. The van der Waals surface area contributed by atoms with E-state index in [1.54, 1.807) is 46.4 Å². The van der Waals surface area contributed by atoms with Crippen LogP contribution >= 0.6 is 12.6 Å². The summed E-state index contributed by atoms with van der Waals surface area (Å²) in [4.78, 5) is 56.6. The summed E-state index contributed by atoms with van der Waals surface area (Å²) in [5, 5.41) is 5.62. The van der Waals surface area contributed by atoms with Gasteiger partial charge in [-0.2, -0.15) is 12.6 Å². The van der Waals surface area contributed by atoms with Crippen LogP contribution in [-0.2, 0) is 30.3 Å². The SMILES string of the molecule is Cc1ccc(C(C(=O)NC(Cc2ccccc2)C(=O)OC(C)(C)C)N(C(=O)C(CS)NC(=O)OC(C)(C)C)C2CCC2)c(C)c1. The van der Waals surface area contributed by atoms with E-state index in [1.165, 1.54) is 0 Å². The van der Waals surface area contributed by atoms with Crippen molar-refractivity contribution in [3.63, 3.8) is 0 Å². The molecule has 246 valence electrons. The Hall–Kier alpha value is -3.53. The van der Waals surface area contributed by atoms with Gasteiger partial charge in [0.05, 0.1) is 0 Å². The molecule has 2 aromatic rings. The van der Waals surface area contributed by atoms with Gasteiger partial charge in [-0.05, 0) is 91.3 Å². The average Bonchev–Trinajstić information content (AvgIpc) is 2.89. The van der Waals surface area contributed by atoms with Crippen LogP contribution in [0.5, 0.6) is 0 Å². The lowest BCUT2D eigenvalue weighted by molar-refractivity contribution is -0.159. The number of hydrogen-bond donors (Lipinski definition) is 3. The van der Waals surface area contributed by atoms with Gasteiger partial charge >= 0.3 is 12.1 Å². The minimum atomic E-state index is -1.08.